The molecule has 0 N–H and O–H groups in total. The van der Waals surface area contributed by atoms with E-state index in [0.29, 0.717) is 17.9 Å². The van der Waals surface area contributed by atoms with Gasteiger partial charge in [0.2, 0.25) is 5.91 Å². The largest absolute Gasteiger partial charge is 0.493 e. The number of hydrogen-bond acceptors (Lipinski definition) is 3. The minimum absolute atomic E-state index is 0.0788. The molecule has 1 aliphatic heterocycles. The molecule has 26 heavy (non-hydrogen) atoms. The van der Waals surface area contributed by atoms with Gasteiger partial charge in [0.15, 0.2) is 11.5 Å². The Morgan fingerprint density at radius 2 is 1.77 bits per heavy atom. The number of anilines is 1. The number of benzene rings is 3. The van der Waals surface area contributed by atoms with E-state index in [9.17, 15) is 4.79 Å². The molecule has 4 nitrogen and oxygen atoms in total. The Morgan fingerprint density at radius 3 is 2.54 bits per heavy atom. The van der Waals surface area contributed by atoms with Crippen molar-refractivity contribution in [1.29, 1.82) is 0 Å². The highest BCUT2D eigenvalue weighted by Crippen LogP contribution is 2.47. The van der Waals surface area contributed by atoms with Gasteiger partial charge in [-0.05, 0) is 28.5 Å². The van der Waals surface area contributed by atoms with Gasteiger partial charge in [0.05, 0.1) is 14.2 Å². The van der Waals surface area contributed by atoms with Crippen LogP contribution in [-0.2, 0) is 4.79 Å². The normalized spacial score (nSPS) is 16.5. The Hall–Kier alpha value is -3.01. The third kappa shape index (κ3) is 2.41. The molecule has 0 fully saturated rings. The zero-order chi connectivity index (χ0) is 18.3. The fourth-order valence-electron chi connectivity index (χ4n) is 3.94. The van der Waals surface area contributed by atoms with E-state index in [1.54, 1.807) is 19.1 Å². The van der Waals surface area contributed by atoms with Gasteiger partial charge in [-0.15, -0.1) is 0 Å². The van der Waals surface area contributed by atoms with Gasteiger partial charge in [-0.1, -0.05) is 42.5 Å². The molecule has 3 aromatic carbocycles. The molecule has 0 spiro atoms. The third-order valence-electron chi connectivity index (χ3n) is 5.22. The molecule has 4 heteroatoms. The van der Waals surface area contributed by atoms with Crippen LogP contribution in [0.4, 0.5) is 5.69 Å². The zero-order valence-electron chi connectivity index (χ0n) is 15.2. The summed E-state index contributed by atoms with van der Waals surface area (Å²) in [6.45, 7) is 0. The van der Waals surface area contributed by atoms with Crippen molar-refractivity contribution in [2.45, 2.75) is 12.3 Å². The molecule has 1 atom stereocenters. The Bertz CT molecular complexity index is 996. The highest BCUT2D eigenvalue weighted by Gasteiger charge is 2.33. The average molecular weight is 347 g/mol. The smallest absolute Gasteiger partial charge is 0.227 e. The van der Waals surface area contributed by atoms with Crippen molar-refractivity contribution >= 4 is 22.4 Å². The number of hydrogen-bond donors (Lipinski definition) is 0. The SMILES string of the molecule is COc1cccc(C2CC(=O)N(C)c3ccc4ccccc4c32)c1OC. The van der Waals surface area contributed by atoms with E-state index in [0.717, 1.165) is 16.8 Å². The van der Waals surface area contributed by atoms with E-state index >= 15 is 0 Å². The highest BCUT2D eigenvalue weighted by atomic mass is 16.5. The second-order valence-corrected chi connectivity index (χ2v) is 6.51. The maximum absolute atomic E-state index is 12.7. The van der Waals surface area contributed by atoms with Gasteiger partial charge in [-0.25, -0.2) is 0 Å². The summed E-state index contributed by atoms with van der Waals surface area (Å²) in [5.74, 6) is 1.39. The molecule has 0 aliphatic carbocycles. The van der Waals surface area contributed by atoms with Crippen molar-refractivity contribution in [1.82, 2.24) is 0 Å². The van der Waals surface area contributed by atoms with Crippen LogP contribution in [0, 0.1) is 0 Å². The lowest BCUT2D eigenvalue weighted by Crippen LogP contribution is -2.33. The number of rotatable bonds is 3. The lowest BCUT2D eigenvalue weighted by atomic mass is 9.81. The van der Waals surface area contributed by atoms with Gasteiger partial charge < -0.3 is 14.4 Å². The Labute approximate surface area is 153 Å². The predicted molar refractivity (Wildman–Crippen MR) is 103 cm³/mol. The maximum Gasteiger partial charge on any atom is 0.227 e. The molecule has 0 saturated heterocycles. The molecular formula is C22H21NO3. The summed E-state index contributed by atoms with van der Waals surface area (Å²) in [7, 11) is 5.11. The molecule has 0 radical (unpaired) electrons. The molecule has 1 aliphatic rings. The fourth-order valence-corrected chi connectivity index (χ4v) is 3.94. The molecule has 1 amide bonds. The van der Waals surface area contributed by atoms with Gasteiger partial charge in [0.25, 0.3) is 0 Å². The molecule has 1 unspecified atom stereocenters. The van der Waals surface area contributed by atoms with Gasteiger partial charge >= 0.3 is 0 Å². The molecule has 132 valence electrons. The van der Waals surface area contributed by atoms with E-state index in [2.05, 4.69) is 18.2 Å². The Morgan fingerprint density at radius 1 is 0.962 bits per heavy atom. The Balaban J connectivity index is 2.02. The van der Waals surface area contributed by atoms with Crippen LogP contribution in [0.1, 0.15) is 23.5 Å². The number of ether oxygens (including phenoxy) is 2. The summed E-state index contributed by atoms with van der Waals surface area (Å²) in [5.41, 5.74) is 3.09. The number of methoxy groups -OCH3 is 2. The predicted octanol–water partition coefficient (Wildman–Crippen LogP) is 4.36. The number of fused-ring (bicyclic) bond motifs is 3. The van der Waals surface area contributed by atoms with Crippen LogP contribution >= 0.6 is 0 Å². The van der Waals surface area contributed by atoms with Crippen LogP contribution in [0.3, 0.4) is 0 Å². The first-order chi connectivity index (χ1) is 12.7. The summed E-state index contributed by atoms with van der Waals surface area (Å²) in [6, 6.07) is 18.3. The summed E-state index contributed by atoms with van der Waals surface area (Å²) < 4.78 is 11.1. The lowest BCUT2D eigenvalue weighted by Gasteiger charge is -2.33. The van der Waals surface area contributed by atoms with Crippen molar-refractivity contribution in [2.75, 3.05) is 26.2 Å². The van der Waals surface area contributed by atoms with Gasteiger partial charge in [-0.2, -0.15) is 0 Å². The lowest BCUT2D eigenvalue weighted by molar-refractivity contribution is -0.118. The third-order valence-corrected chi connectivity index (χ3v) is 5.22. The number of para-hydroxylation sites is 1. The second kappa shape index (κ2) is 6.37. The fraction of sp³-hybridized carbons (Fsp3) is 0.227. The highest BCUT2D eigenvalue weighted by molar-refractivity contribution is 6.03. The van der Waals surface area contributed by atoms with Gasteiger partial charge in [-0.3, -0.25) is 4.79 Å². The van der Waals surface area contributed by atoms with E-state index < -0.39 is 0 Å². The van der Waals surface area contributed by atoms with Crippen LogP contribution in [-0.4, -0.2) is 27.2 Å². The molecule has 4 rings (SSSR count). The summed E-state index contributed by atoms with van der Waals surface area (Å²) in [5, 5.41) is 2.33. The van der Waals surface area contributed by atoms with Gasteiger partial charge in [0, 0.05) is 30.6 Å². The first kappa shape index (κ1) is 16.5. The van der Waals surface area contributed by atoms with Crippen molar-refractivity contribution in [2.24, 2.45) is 0 Å². The van der Waals surface area contributed by atoms with Crippen LogP contribution in [0.15, 0.2) is 54.6 Å². The molecule has 0 saturated carbocycles. The van der Waals surface area contributed by atoms with E-state index in [4.69, 9.17) is 9.47 Å². The summed E-state index contributed by atoms with van der Waals surface area (Å²) in [4.78, 5) is 14.4. The quantitative estimate of drug-likeness (QED) is 0.707. The van der Waals surface area contributed by atoms with Crippen LogP contribution in [0.5, 0.6) is 11.5 Å². The van der Waals surface area contributed by atoms with Gasteiger partial charge in [0.1, 0.15) is 0 Å². The van der Waals surface area contributed by atoms with E-state index in [1.165, 1.54) is 10.8 Å². The van der Waals surface area contributed by atoms with Crippen LogP contribution < -0.4 is 14.4 Å². The Kier molecular flexibility index (Phi) is 4.03. The number of amides is 1. The first-order valence-corrected chi connectivity index (χ1v) is 8.64. The van der Waals surface area contributed by atoms with Crippen molar-refractivity contribution < 1.29 is 14.3 Å². The molecular weight excluding hydrogens is 326 g/mol. The van der Waals surface area contributed by atoms with E-state index in [-0.39, 0.29) is 11.8 Å². The molecule has 3 aromatic rings. The molecule has 1 heterocycles. The average Bonchev–Trinajstić information content (AvgIpc) is 2.69. The number of carbonyl (C=O) groups is 1. The number of nitrogens with zero attached hydrogens (tertiary/aromatic N) is 1. The summed E-state index contributed by atoms with van der Waals surface area (Å²) >= 11 is 0. The summed E-state index contributed by atoms with van der Waals surface area (Å²) in [6.07, 6.45) is 0.404. The van der Waals surface area contributed by atoms with E-state index in [1.807, 2.05) is 43.4 Å². The van der Waals surface area contributed by atoms with Crippen molar-refractivity contribution in [3.8, 4) is 11.5 Å². The van der Waals surface area contributed by atoms with Crippen molar-refractivity contribution in [3.05, 3.63) is 65.7 Å². The number of carbonyl (C=O) groups excluding carboxylic acids is 1. The molecule has 0 aromatic heterocycles. The minimum atomic E-state index is -0.0788. The standard InChI is InChI=1S/C22H21NO3/c1-23-18-12-11-14-7-4-5-8-15(14)21(18)17(13-20(23)24)16-9-6-10-19(25-2)22(16)26-3/h4-12,17H,13H2,1-3H3. The minimum Gasteiger partial charge on any atom is -0.493 e. The second-order valence-electron chi connectivity index (χ2n) is 6.51. The van der Waals surface area contributed by atoms with Crippen LogP contribution in [0.25, 0.3) is 10.8 Å². The monoisotopic (exact) mass is 347 g/mol. The van der Waals surface area contributed by atoms with Crippen molar-refractivity contribution in [3.63, 3.8) is 0 Å². The zero-order valence-corrected chi connectivity index (χ0v) is 15.2. The first-order valence-electron chi connectivity index (χ1n) is 8.64. The van der Waals surface area contributed by atoms with Crippen LogP contribution in [0.2, 0.25) is 0 Å². The maximum atomic E-state index is 12.7. The topological polar surface area (TPSA) is 38.8 Å². The molecule has 0 bridgehead atoms.